The maximum Gasteiger partial charge on any atom is 0.274 e. The molecule has 0 atom stereocenters. The lowest BCUT2D eigenvalue weighted by atomic mass is 10.1. The summed E-state index contributed by atoms with van der Waals surface area (Å²) in [6.07, 6.45) is 1.55. The van der Waals surface area contributed by atoms with Crippen LogP contribution in [0.5, 0.6) is 0 Å². The van der Waals surface area contributed by atoms with Crippen molar-refractivity contribution >= 4 is 22.5 Å². The topological polar surface area (TPSA) is 90.7 Å². The number of likely N-dealkylation sites (N-methyl/N-ethyl adjacent to an activating group) is 1. The minimum atomic E-state index is -0.273. The van der Waals surface area contributed by atoms with Crippen molar-refractivity contribution in [3.63, 3.8) is 0 Å². The van der Waals surface area contributed by atoms with E-state index in [1.54, 1.807) is 35.8 Å². The van der Waals surface area contributed by atoms with Crippen LogP contribution in [-0.2, 0) is 0 Å². The number of hydrogen-bond donors (Lipinski definition) is 2. The maximum absolute atomic E-state index is 12.5. The number of nitrogens with one attached hydrogen (secondary N) is 1. The van der Waals surface area contributed by atoms with Crippen LogP contribution in [0.15, 0.2) is 59.5 Å². The highest BCUT2D eigenvalue weighted by molar-refractivity contribution is 5.97. The number of amides is 1. The van der Waals surface area contributed by atoms with Gasteiger partial charge in [0.15, 0.2) is 0 Å². The van der Waals surface area contributed by atoms with E-state index in [4.69, 9.17) is 5.11 Å². The first kappa shape index (κ1) is 17.0. The number of aliphatic hydroxyl groups is 1. The van der Waals surface area contributed by atoms with Gasteiger partial charge >= 0.3 is 0 Å². The SMILES string of the molecule is CN(CCO)C(=O)c1ccc2c(c1)[nH]c(=O)c1cnc(-c3ccccc3)n12. The fraction of sp³-hybridized carbons (Fsp3) is 0.150. The number of nitrogens with zero attached hydrogens (tertiary/aromatic N) is 3. The molecule has 0 fully saturated rings. The summed E-state index contributed by atoms with van der Waals surface area (Å²) in [4.78, 5) is 33.7. The molecule has 0 aliphatic rings. The minimum absolute atomic E-state index is 0.108. The van der Waals surface area contributed by atoms with E-state index in [1.165, 1.54) is 4.90 Å². The molecule has 2 N–H and O–H groups in total. The summed E-state index contributed by atoms with van der Waals surface area (Å²) in [5.41, 5.74) is 2.80. The molecule has 0 bridgehead atoms. The standard InChI is InChI=1S/C20H18N4O3/c1-23(9-10-25)20(27)14-7-8-16-15(11-14)22-19(26)17-12-21-18(24(16)17)13-5-3-2-4-6-13/h2-8,11-12,25H,9-10H2,1H3,(H,22,26). The highest BCUT2D eigenvalue weighted by Gasteiger charge is 2.16. The number of imidazole rings is 1. The summed E-state index contributed by atoms with van der Waals surface area (Å²) in [7, 11) is 1.62. The van der Waals surface area contributed by atoms with Crippen LogP contribution in [0.4, 0.5) is 0 Å². The Labute approximate surface area is 154 Å². The Morgan fingerprint density at radius 2 is 1.96 bits per heavy atom. The number of fused-ring (bicyclic) bond motifs is 3. The van der Waals surface area contributed by atoms with E-state index in [9.17, 15) is 9.59 Å². The minimum Gasteiger partial charge on any atom is -0.395 e. The zero-order valence-corrected chi connectivity index (χ0v) is 14.7. The van der Waals surface area contributed by atoms with Crippen molar-refractivity contribution in [3.8, 4) is 11.4 Å². The Hall–Kier alpha value is -3.45. The van der Waals surface area contributed by atoms with Crippen LogP contribution in [0.2, 0.25) is 0 Å². The third-order valence-electron chi connectivity index (χ3n) is 4.54. The van der Waals surface area contributed by atoms with Crippen LogP contribution in [0, 0.1) is 0 Å². The van der Waals surface area contributed by atoms with E-state index < -0.39 is 0 Å². The fourth-order valence-corrected chi connectivity index (χ4v) is 3.17. The third-order valence-corrected chi connectivity index (χ3v) is 4.54. The number of aromatic nitrogens is 3. The quantitative estimate of drug-likeness (QED) is 0.580. The summed E-state index contributed by atoms with van der Waals surface area (Å²) in [5, 5.41) is 9.02. The van der Waals surface area contributed by atoms with E-state index >= 15 is 0 Å². The first-order valence-electron chi connectivity index (χ1n) is 8.55. The second kappa shape index (κ2) is 6.69. The summed E-state index contributed by atoms with van der Waals surface area (Å²) in [6, 6.07) is 14.8. The number of benzene rings is 2. The summed E-state index contributed by atoms with van der Waals surface area (Å²) in [5.74, 6) is 0.444. The molecule has 4 rings (SSSR count). The van der Waals surface area contributed by atoms with Gasteiger partial charge in [-0.05, 0) is 18.2 Å². The van der Waals surface area contributed by atoms with Crippen LogP contribution < -0.4 is 5.56 Å². The van der Waals surface area contributed by atoms with Crippen LogP contribution in [0.3, 0.4) is 0 Å². The molecule has 0 aliphatic heterocycles. The molecule has 0 radical (unpaired) electrons. The zero-order chi connectivity index (χ0) is 19.0. The van der Waals surface area contributed by atoms with Crippen molar-refractivity contribution in [3.05, 3.63) is 70.6 Å². The van der Waals surface area contributed by atoms with E-state index in [0.717, 1.165) is 11.1 Å². The van der Waals surface area contributed by atoms with Gasteiger partial charge in [0.1, 0.15) is 11.3 Å². The van der Waals surface area contributed by atoms with Crippen LogP contribution in [0.25, 0.3) is 27.9 Å². The van der Waals surface area contributed by atoms with Gasteiger partial charge in [0.05, 0.1) is 23.8 Å². The first-order valence-corrected chi connectivity index (χ1v) is 8.55. The molecule has 7 nitrogen and oxygen atoms in total. The van der Waals surface area contributed by atoms with Gasteiger partial charge in [-0.2, -0.15) is 0 Å². The molecule has 1 amide bonds. The molecule has 4 aromatic rings. The predicted molar refractivity (Wildman–Crippen MR) is 103 cm³/mol. The van der Waals surface area contributed by atoms with Gasteiger partial charge < -0.3 is 15.0 Å². The molecular weight excluding hydrogens is 344 g/mol. The van der Waals surface area contributed by atoms with Crippen molar-refractivity contribution < 1.29 is 9.90 Å². The molecular formula is C20H18N4O3. The lowest BCUT2D eigenvalue weighted by Gasteiger charge is -2.16. The predicted octanol–water partition coefficient (Wildman–Crippen LogP) is 1.91. The lowest BCUT2D eigenvalue weighted by Crippen LogP contribution is -2.29. The van der Waals surface area contributed by atoms with E-state index in [1.807, 2.05) is 30.3 Å². The number of H-pyrrole nitrogens is 1. The monoisotopic (exact) mass is 362 g/mol. The van der Waals surface area contributed by atoms with Gasteiger partial charge in [-0.1, -0.05) is 30.3 Å². The van der Waals surface area contributed by atoms with E-state index in [2.05, 4.69) is 9.97 Å². The molecule has 136 valence electrons. The summed E-state index contributed by atoms with van der Waals surface area (Å²) < 4.78 is 1.80. The molecule has 0 spiro atoms. The zero-order valence-electron chi connectivity index (χ0n) is 14.7. The van der Waals surface area contributed by atoms with Crippen molar-refractivity contribution in [2.45, 2.75) is 0 Å². The van der Waals surface area contributed by atoms with Gasteiger partial charge in [-0.15, -0.1) is 0 Å². The highest BCUT2D eigenvalue weighted by atomic mass is 16.3. The van der Waals surface area contributed by atoms with Crippen LogP contribution in [-0.4, -0.2) is 50.5 Å². The van der Waals surface area contributed by atoms with E-state index in [0.29, 0.717) is 22.4 Å². The Kier molecular flexibility index (Phi) is 4.21. The molecule has 0 unspecified atom stereocenters. The lowest BCUT2D eigenvalue weighted by molar-refractivity contribution is 0.0767. The number of carbonyl (C=O) groups is 1. The fourth-order valence-electron chi connectivity index (χ4n) is 3.17. The average Bonchev–Trinajstić information content (AvgIpc) is 3.14. The van der Waals surface area contributed by atoms with E-state index in [-0.39, 0.29) is 24.6 Å². The molecule has 0 saturated carbocycles. The molecule has 2 heterocycles. The normalized spacial score (nSPS) is 11.2. The Morgan fingerprint density at radius 1 is 1.19 bits per heavy atom. The van der Waals surface area contributed by atoms with Crippen LogP contribution >= 0.6 is 0 Å². The van der Waals surface area contributed by atoms with Crippen molar-refractivity contribution in [2.24, 2.45) is 0 Å². The molecule has 0 aliphatic carbocycles. The third kappa shape index (κ3) is 2.88. The molecule has 2 aromatic heterocycles. The molecule has 2 aromatic carbocycles. The number of carbonyl (C=O) groups excluding carboxylic acids is 1. The van der Waals surface area contributed by atoms with Gasteiger partial charge in [-0.25, -0.2) is 4.98 Å². The Bertz CT molecular complexity index is 1190. The summed E-state index contributed by atoms with van der Waals surface area (Å²) >= 11 is 0. The van der Waals surface area contributed by atoms with Crippen molar-refractivity contribution in [2.75, 3.05) is 20.2 Å². The summed E-state index contributed by atoms with van der Waals surface area (Å²) in [6.45, 7) is 0.134. The Morgan fingerprint density at radius 3 is 2.70 bits per heavy atom. The van der Waals surface area contributed by atoms with Gasteiger partial charge in [-0.3, -0.25) is 14.0 Å². The van der Waals surface area contributed by atoms with Gasteiger partial charge in [0, 0.05) is 24.7 Å². The van der Waals surface area contributed by atoms with Gasteiger partial charge in [0.25, 0.3) is 11.5 Å². The largest absolute Gasteiger partial charge is 0.395 e. The average molecular weight is 362 g/mol. The second-order valence-corrected chi connectivity index (χ2v) is 6.30. The smallest absolute Gasteiger partial charge is 0.274 e. The molecule has 27 heavy (non-hydrogen) atoms. The second-order valence-electron chi connectivity index (χ2n) is 6.30. The number of aromatic amines is 1. The van der Waals surface area contributed by atoms with Crippen LogP contribution in [0.1, 0.15) is 10.4 Å². The molecule has 0 saturated heterocycles. The first-order chi connectivity index (χ1) is 13.1. The maximum atomic E-state index is 12.5. The highest BCUT2D eigenvalue weighted by Crippen LogP contribution is 2.23. The number of rotatable bonds is 4. The van der Waals surface area contributed by atoms with Crippen molar-refractivity contribution in [1.82, 2.24) is 19.3 Å². The number of aliphatic hydroxyl groups excluding tert-OH is 1. The Balaban J connectivity index is 1.93. The molecule has 7 heteroatoms. The van der Waals surface area contributed by atoms with Crippen molar-refractivity contribution in [1.29, 1.82) is 0 Å². The number of hydrogen-bond acceptors (Lipinski definition) is 4. The van der Waals surface area contributed by atoms with Gasteiger partial charge in [0.2, 0.25) is 0 Å².